The van der Waals surface area contributed by atoms with Crippen molar-refractivity contribution in [1.29, 1.82) is 0 Å². The Balaban J connectivity index is 2.69. The summed E-state index contributed by atoms with van der Waals surface area (Å²) >= 11 is 0. The maximum absolute atomic E-state index is 11.8. The van der Waals surface area contributed by atoms with Crippen molar-refractivity contribution in [3.63, 3.8) is 0 Å². The van der Waals surface area contributed by atoms with E-state index in [0.29, 0.717) is 18.8 Å². The Morgan fingerprint density at radius 2 is 1.92 bits per heavy atom. The number of carbonyl (C=O) groups excluding carboxylic acids is 1. The van der Waals surface area contributed by atoms with Gasteiger partial charge in [-0.25, -0.2) is 4.98 Å². The van der Waals surface area contributed by atoms with Gasteiger partial charge >= 0.3 is 5.97 Å². The van der Waals surface area contributed by atoms with Crippen molar-refractivity contribution in [2.75, 3.05) is 24.2 Å². The number of carbonyl (C=O) groups is 1. The number of rotatable bonds is 8. The van der Waals surface area contributed by atoms with E-state index < -0.39 is 11.1 Å². The van der Waals surface area contributed by atoms with Crippen molar-refractivity contribution >= 4 is 17.5 Å². The van der Waals surface area contributed by atoms with Gasteiger partial charge in [0.15, 0.2) is 0 Å². The third kappa shape index (κ3) is 6.93. The quantitative estimate of drug-likeness (QED) is 0.558. The predicted octanol–water partition coefficient (Wildman–Crippen LogP) is 3.35. The molecule has 24 heavy (non-hydrogen) atoms. The Kier molecular flexibility index (Phi) is 6.69. The van der Waals surface area contributed by atoms with Crippen LogP contribution in [-0.4, -0.2) is 35.7 Å². The Morgan fingerprint density at radius 3 is 2.46 bits per heavy atom. The number of aromatic nitrogens is 1. The first-order valence-corrected chi connectivity index (χ1v) is 8.04. The second-order valence-corrected chi connectivity index (χ2v) is 7.29. The fraction of sp³-hybridized carbons (Fsp3) is 0.647. The van der Waals surface area contributed by atoms with Gasteiger partial charge in [0.25, 0.3) is 0 Å². The first kappa shape index (κ1) is 19.9. The molecule has 0 fully saturated rings. The highest BCUT2D eigenvalue weighted by Crippen LogP contribution is 2.21. The molecule has 0 saturated heterocycles. The van der Waals surface area contributed by atoms with Crippen LogP contribution in [0.15, 0.2) is 17.3 Å². The average molecular weight is 336 g/mol. The van der Waals surface area contributed by atoms with Crippen molar-refractivity contribution < 1.29 is 9.53 Å². The summed E-state index contributed by atoms with van der Waals surface area (Å²) in [5, 5.41) is 9.27. The third-order valence-electron chi connectivity index (χ3n) is 3.15. The van der Waals surface area contributed by atoms with Crippen molar-refractivity contribution in [2.45, 2.75) is 58.6 Å². The van der Waals surface area contributed by atoms with Gasteiger partial charge in [-0.15, -0.1) is 0 Å². The van der Waals surface area contributed by atoms with Gasteiger partial charge in [0.05, 0.1) is 12.1 Å². The number of esters is 1. The molecule has 0 aliphatic heterocycles. The maximum Gasteiger partial charge on any atom is 0.306 e. The molecular formula is C17H28N4O3. The lowest BCUT2D eigenvalue weighted by atomic mass is 10.1. The largest absolute Gasteiger partial charge is 0.460 e. The van der Waals surface area contributed by atoms with E-state index >= 15 is 0 Å². The molecule has 0 unspecified atom stereocenters. The molecule has 0 aliphatic carbocycles. The number of hydrogen-bond donors (Lipinski definition) is 2. The second-order valence-electron chi connectivity index (χ2n) is 7.29. The normalized spacial score (nSPS) is 11.8. The molecule has 0 spiro atoms. The van der Waals surface area contributed by atoms with E-state index in [1.807, 2.05) is 32.9 Å². The Labute approximate surface area is 143 Å². The molecule has 0 radical (unpaired) electrons. The fourth-order valence-electron chi connectivity index (χ4n) is 1.94. The smallest absolute Gasteiger partial charge is 0.306 e. The Morgan fingerprint density at radius 1 is 1.25 bits per heavy atom. The zero-order valence-electron chi connectivity index (χ0n) is 15.4. The molecule has 7 nitrogen and oxygen atoms in total. The van der Waals surface area contributed by atoms with Gasteiger partial charge in [0, 0.05) is 25.7 Å². The molecule has 1 aromatic rings. The molecule has 0 aromatic carbocycles. The van der Waals surface area contributed by atoms with Gasteiger partial charge < -0.3 is 15.4 Å². The molecule has 0 atom stereocenters. The predicted molar refractivity (Wildman–Crippen MR) is 96.3 cm³/mol. The molecule has 1 aromatic heterocycles. The van der Waals surface area contributed by atoms with Crippen molar-refractivity contribution in [1.82, 2.24) is 4.98 Å². The van der Waals surface area contributed by atoms with Crippen LogP contribution in [0.5, 0.6) is 0 Å². The van der Waals surface area contributed by atoms with E-state index in [1.165, 1.54) is 0 Å². The van der Waals surface area contributed by atoms with Crippen LogP contribution in [-0.2, 0) is 16.0 Å². The number of nitrogens with one attached hydrogen (secondary N) is 2. The van der Waals surface area contributed by atoms with Crippen LogP contribution in [0.4, 0.5) is 11.5 Å². The molecular weight excluding hydrogens is 308 g/mol. The molecule has 2 N–H and O–H groups in total. The minimum Gasteiger partial charge on any atom is -0.460 e. The van der Waals surface area contributed by atoms with Gasteiger partial charge in [-0.3, -0.25) is 4.79 Å². The summed E-state index contributed by atoms with van der Waals surface area (Å²) < 4.78 is 5.29. The van der Waals surface area contributed by atoms with Gasteiger partial charge in [-0.2, -0.15) is 4.91 Å². The second kappa shape index (κ2) is 8.08. The third-order valence-corrected chi connectivity index (χ3v) is 3.15. The average Bonchev–Trinajstić information content (AvgIpc) is 2.49. The number of hydrogen-bond acceptors (Lipinski definition) is 7. The zero-order valence-corrected chi connectivity index (χ0v) is 15.4. The number of nitrogens with zero attached hydrogens (tertiary/aromatic N) is 2. The number of anilines is 2. The summed E-state index contributed by atoms with van der Waals surface area (Å²) in [5.41, 5.74) is 0.410. The van der Waals surface area contributed by atoms with Gasteiger partial charge in [-0.05, 0) is 46.8 Å². The minimum atomic E-state index is -0.694. The zero-order chi connectivity index (χ0) is 18.4. The standard InChI is InChI=1S/C17H28N4O3/c1-16(2,3)24-14(22)10-8-12-7-9-13(15(18-6)20-12)19-11-17(4,5)21-23/h7,9,19H,8,10-11H2,1-6H3,(H,18,20). The molecule has 0 bridgehead atoms. The SMILES string of the molecule is CNc1nc(CCC(=O)OC(C)(C)C)ccc1NCC(C)(C)N=O. The van der Waals surface area contributed by atoms with Crippen LogP contribution < -0.4 is 10.6 Å². The Bertz CT molecular complexity index is 580. The summed E-state index contributed by atoms with van der Waals surface area (Å²) in [6.45, 7) is 9.46. The summed E-state index contributed by atoms with van der Waals surface area (Å²) in [6.07, 6.45) is 0.785. The lowest BCUT2D eigenvalue weighted by Gasteiger charge is -2.20. The van der Waals surface area contributed by atoms with Crippen LogP contribution in [0.1, 0.15) is 46.7 Å². The van der Waals surface area contributed by atoms with Crippen LogP contribution in [0.2, 0.25) is 0 Å². The van der Waals surface area contributed by atoms with E-state index in [1.54, 1.807) is 20.9 Å². The number of ether oxygens (including phenoxy) is 1. The van der Waals surface area contributed by atoms with E-state index in [4.69, 9.17) is 4.74 Å². The van der Waals surface area contributed by atoms with Crippen molar-refractivity contribution in [3.8, 4) is 0 Å². The molecule has 0 saturated carbocycles. The van der Waals surface area contributed by atoms with E-state index in [-0.39, 0.29) is 12.4 Å². The van der Waals surface area contributed by atoms with Crippen LogP contribution >= 0.6 is 0 Å². The van der Waals surface area contributed by atoms with Crippen molar-refractivity contribution in [3.05, 3.63) is 22.7 Å². The monoisotopic (exact) mass is 336 g/mol. The summed E-state index contributed by atoms with van der Waals surface area (Å²) in [5.74, 6) is 0.426. The van der Waals surface area contributed by atoms with Gasteiger partial charge in [0.1, 0.15) is 17.0 Å². The molecule has 0 amide bonds. The summed E-state index contributed by atoms with van der Waals surface area (Å²) in [6, 6.07) is 3.74. The van der Waals surface area contributed by atoms with Gasteiger partial charge in [-0.1, -0.05) is 5.18 Å². The number of pyridine rings is 1. The molecule has 0 aliphatic rings. The topological polar surface area (TPSA) is 92.7 Å². The highest BCUT2D eigenvalue weighted by molar-refractivity contribution is 5.70. The highest BCUT2D eigenvalue weighted by Gasteiger charge is 2.19. The number of nitroso groups, excluding NO2 is 1. The summed E-state index contributed by atoms with van der Waals surface area (Å²) in [4.78, 5) is 27.0. The first-order chi connectivity index (χ1) is 11.1. The lowest BCUT2D eigenvalue weighted by Crippen LogP contribution is -2.27. The van der Waals surface area contributed by atoms with E-state index in [9.17, 15) is 9.70 Å². The summed E-state index contributed by atoms with van der Waals surface area (Å²) in [7, 11) is 1.77. The molecule has 1 rings (SSSR count). The van der Waals surface area contributed by atoms with E-state index in [2.05, 4.69) is 20.8 Å². The molecule has 7 heteroatoms. The maximum atomic E-state index is 11.8. The lowest BCUT2D eigenvalue weighted by molar-refractivity contribution is -0.154. The molecule has 1 heterocycles. The van der Waals surface area contributed by atoms with Crippen molar-refractivity contribution in [2.24, 2.45) is 5.18 Å². The number of aryl methyl sites for hydroxylation is 1. The van der Waals surface area contributed by atoms with E-state index in [0.717, 1.165) is 11.4 Å². The Hall–Kier alpha value is -2.18. The molecule has 134 valence electrons. The first-order valence-electron chi connectivity index (χ1n) is 8.04. The minimum absolute atomic E-state index is 0.240. The van der Waals surface area contributed by atoms with Gasteiger partial charge in [0.2, 0.25) is 0 Å². The van der Waals surface area contributed by atoms with Crippen LogP contribution in [0.25, 0.3) is 0 Å². The van der Waals surface area contributed by atoms with Crippen LogP contribution in [0, 0.1) is 4.91 Å². The highest BCUT2D eigenvalue weighted by atomic mass is 16.6. The fourth-order valence-corrected chi connectivity index (χ4v) is 1.94. The van der Waals surface area contributed by atoms with Crippen LogP contribution in [0.3, 0.4) is 0 Å².